The molecule has 0 spiro atoms. The van der Waals surface area contributed by atoms with Gasteiger partial charge in [-0.05, 0) is 36.8 Å². The maximum absolute atomic E-state index is 5.68. The number of aryl methyl sites for hydroxylation is 1. The van der Waals surface area contributed by atoms with Crippen molar-refractivity contribution in [1.29, 1.82) is 0 Å². The molecular weight excluding hydrogens is 186 g/mol. The number of hydrogen-bond donors (Lipinski definition) is 1. The monoisotopic (exact) mass is 209 g/mol. The molecule has 2 N–H and O–H groups in total. The Bertz CT molecular complexity index is 296. The highest BCUT2D eigenvalue weighted by Gasteiger charge is 2.26. The maximum Gasteiger partial charge on any atom is 0.0524 e. The predicted octanol–water partition coefficient (Wildman–Crippen LogP) is 2.38. The van der Waals surface area contributed by atoms with Gasteiger partial charge in [0, 0.05) is 12.7 Å². The van der Waals surface area contributed by atoms with Crippen LogP contribution in [0.4, 0.5) is 0 Å². The van der Waals surface area contributed by atoms with Gasteiger partial charge < -0.3 is 5.73 Å². The molecule has 1 aromatic rings. The number of nitrogens with zero attached hydrogens (tertiary/aromatic N) is 2. The Kier molecular flexibility index (Phi) is 3.91. The van der Waals surface area contributed by atoms with Crippen molar-refractivity contribution >= 4 is 0 Å². The molecule has 0 saturated heterocycles. The minimum Gasteiger partial charge on any atom is -0.330 e. The fourth-order valence-corrected chi connectivity index (χ4v) is 2.00. The average Bonchev–Trinajstić information content (AvgIpc) is 2.60. The van der Waals surface area contributed by atoms with Crippen LogP contribution in [0.1, 0.15) is 45.6 Å². The van der Waals surface area contributed by atoms with Gasteiger partial charge in [0.25, 0.3) is 0 Å². The highest BCUT2D eigenvalue weighted by Crippen LogP contribution is 2.36. The average molecular weight is 209 g/mol. The molecule has 0 aliphatic heterocycles. The lowest BCUT2D eigenvalue weighted by Gasteiger charge is -2.29. The molecule has 15 heavy (non-hydrogen) atoms. The molecule has 0 aliphatic rings. The maximum atomic E-state index is 5.68. The molecule has 0 fully saturated rings. The fraction of sp³-hybridized carbons (Fsp3) is 0.750. The number of hydrogen-bond acceptors (Lipinski definition) is 2. The zero-order valence-electron chi connectivity index (χ0n) is 10.3. The summed E-state index contributed by atoms with van der Waals surface area (Å²) >= 11 is 0. The van der Waals surface area contributed by atoms with Gasteiger partial charge >= 0.3 is 0 Å². The molecule has 1 aromatic heterocycles. The fourth-order valence-electron chi connectivity index (χ4n) is 2.00. The van der Waals surface area contributed by atoms with E-state index in [2.05, 4.69) is 39.0 Å². The summed E-state index contributed by atoms with van der Waals surface area (Å²) in [6, 6.07) is 0. The van der Waals surface area contributed by atoms with Gasteiger partial charge in [-0.15, -0.1) is 0 Å². The molecule has 1 unspecified atom stereocenters. The van der Waals surface area contributed by atoms with Gasteiger partial charge in [-0.3, -0.25) is 4.68 Å². The Morgan fingerprint density at radius 3 is 2.53 bits per heavy atom. The number of rotatable bonds is 4. The highest BCUT2D eigenvalue weighted by atomic mass is 15.3. The summed E-state index contributed by atoms with van der Waals surface area (Å²) < 4.78 is 1.98. The van der Waals surface area contributed by atoms with Crippen molar-refractivity contribution in [2.24, 2.45) is 11.1 Å². The summed E-state index contributed by atoms with van der Waals surface area (Å²) in [6.45, 7) is 10.5. The summed E-state index contributed by atoms with van der Waals surface area (Å²) in [5.74, 6) is 0.503. The zero-order chi connectivity index (χ0) is 11.5. The Hall–Kier alpha value is -0.830. The minimum atomic E-state index is 0.251. The normalized spacial score (nSPS) is 14.2. The molecule has 0 amide bonds. The minimum absolute atomic E-state index is 0.251. The molecule has 0 bridgehead atoms. The van der Waals surface area contributed by atoms with Gasteiger partial charge in [-0.25, -0.2) is 0 Å². The van der Waals surface area contributed by atoms with Crippen molar-refractivity contribution in [1.82, 2.24) is 9.78 Å². The molecule has 0 aliphatic carbocycles. The van der Waals surface area contributed by atoms with E-state index in [1.165, 1.54) is 5.56 Å². The van der Waals surface area contributed by atoms with Crippen LogP contribution < -0.4 is 5.73 Å². The van der Waals surface area contributed by atoms with Crippen molar-refractivity contribution in [3.63, 3.8) is 0 Å². The van der Waals surface area contributed by atoms with E-state index in [4.69, 9.17) is 5.73 Å². The van der Waals surface area contributed by atoms with Crippen LogP contribution in [0.25, 0.3) is 0 Å². The van der Waals surface area contributed by atoms with Crippen molar-refractivity contribution in [2.45, 2.75) is 46.6 Å². The van der Waals surface area contributed by atoms with E-state index in [1.54, 1.807) is 0 Å². The third-order valence-electron chi connectivity index (χ3n) is 2.88. The predicted molar refractivity (Wildman–Crippen MR) is 63.8 cm³/mol. The second kappa shape index (κ2) is 4.79. The quantitative estimate of drug-likeness (QED) is 0.827. The van der Waals surface area contributed by atoms with Gasteiger partial charge in [0.15, 0.2) is 0 Å². The van der Waals surface area contributed by atoms with Crippen LogP contribution in [0.3, 0.4) is 0 Å². The Labute approximate surface area is 92.7 Å². The summed E-state index contributed by atoms with van der Waals surface area (Å²) in [6.07, 6.45) is 5.15. The van der Waals surface area contributed by atoms with E-state index < -0.39 is 0 Å². The summed E-state index contributed by atoms with van der Waals surface area (Å²) in [5, 5.41) is 4.33. The second-order valence-electron chi connectivity index (χ2n) is 5.13. The smallest absolute Gasteiger partial charge is 0.0524 e. The lowest BCUT2D eigenvalue weighted by atomic mass is 9.75. The van der Waals surface area contributed by atoms with Crippen LogP contribution in [0, 0.1) is 5.41 Å². The van der Waals surface area contributed by atoms with Crippen LogP contribution in [-0.2, 0) is 6.54 Å². The van der Waals surface area contributed by atoms with Crippen LogP contribution in [0.15, 0.2) is 12.4 Å². The Morgan fingerprint density at radius 1 is 1.47 bits per heavy atom. The molecule has 3 nitrogen and oxygen atoms in total. The van der Waals surface area contributed by atoms with E-state index in [1.807, 2.05) is 10.9 Å². The summed E-state index contributed by atoms with van der Waals surface area (Å²) in [7, 11) is 0. The largest absolute Gasteiger partial charge is 0.330 e. The molecule has 0 aromatic carbocycles. The van der Waals surface area contributed by atoms with Crippen LogP contribution >= 0.6 is 0 Å². The third kappa shape index (κ3) is 3.06. The molecule has 1 heterocycles. The summed E-state index contributed by atoms with van der Waals surface area (Å²) in [4.78, 5) is 0. The lowest BCUT2D eigenvalue weighted by molar-refractivity contribution is 0.307. The first-order chi connectivity index (χ1) is 6.99. The first kappa shape index (κ1) is 12.2. The van der Waals surface area contributed by atoms with Gasteiger partial charge in [0.1, 0.15) is 0 Å². The Balaban J connectivity index is 2.88. The first-order valence-electron chi connectivity index (χ1n) is 5.71. The SMILES string of the molecule is CCn1cc(C(CCN)C(C)(C)C)cn1. The standard InChI is InChI=1S/C12H23N3/c1-5-15-9-10(8-14-15)11(6-7-13)12(2,3)4/h8-9,11H,5-7,13H2,1-4H3. The van der Waals surface area contributed by atoms with Crippen LogP contribution in [-0.4, -0.2) is 16.3 Å². The topological polar surface area (TPSA) is 43.8 Å². The van der Waals surface area contributed by atoms with Crippen molar-refractivity contribution in [3.05, 3.63) is 18.0 Å². The molecule has 86 valence electrons. The molecule has 0 saturated carbocycles. The Morgan fingerprint density at radius 2 is 2.13 bits per heavy atom. The van der Waals surface area contributed by atoms with Gasteiger partial charge in [0.05, 0.1) is 6.20 Å². The van der Waals surface area contributed by atoms with E-state index in [9.17, 15) is 0 Å². The molecule has 1 rings (SSSR count). The van der Waals surface area contributed by atoms with E-state index in [0.717, 1.165) is 19.5 Å². The first-order valence-corrected chi connectivity index (χ1v) is 5.71. The van der Waals surface area contributed by atoms with Crippen molar-refractivity contribution < 1.29 is 0 Å². The zero-order valence-corrected chi connectivity index (χ0v) is 10.3. The lowest BCUT2D eigenvalue weighted by Crippen LogP contribution is -2.21. The van der Waals surface area contributed by atoms with Crippen molar-refractivity contribution in [3.8, 4) is 0 Å². The van der Waals surface area contributed by atoms with Gasteiger partial charge in [0.2, 0.25) is 0 Å². The van der Waals surface area contributed by atoms with Crippen LogP contribution in [0.2, 0.25) is 0 Å². The van der Waals surface area contributed by atoms with E-state index in [0.29, 0.717) is 5.92 Å². The molecular formula is C12H23N3. The molecule has 1 atom stereocenters. The van der Waals surface area contributed by atoms with Crippen LogP contribution in [0.5, 0.6) is 0 Å². The van der Waals surface area contributed by atoms with E-state index in [-0.39, 0.29) is 5.41 Å². The van der Waals surface area contributed by atoms with Gasteiger partial charge in [-0.2, -0.15) is 5.10 Å². The van der Waals surface area contributed by atoms with Gasteiger partial charge in [-0.1, -0.05) is 20.8 Å². The summed E-state index contributed by atoms with van der Waals surface area (Å²) in [5.41, 5.74) is 7.24. The molecule has 3 heteroatoms. The third-order valence-corrected chi connectivity index (χ3v) is 2.88. The van der Waals surface area contributed by atoms with E-state index >= 15 is 0 Å². The number of aromatic nitrogens is 2. The highest BCUT2D eigenvalue weighted by molar-refractivity contribution is 5.14. The number of nitrogens with two attached hydrogens (primary N) is 1. The molecule has 0 radical (unpaired) electrons. The van der Waals surface area contributed by atoms with Crippen molar-refractivity contribution in [2.75, 3.05) is 6.54 Å². The second-order valence-corrected chi connectivity index (χ2v) is 5.13.